The average molecular weight is 355 g/mol. The normalized spacial score (nSPS) is 23.6. The van der Waals surface area contributed by atoms with Crippen LogP contribution in [0.15, 0.2) is 0 Å². The molecule has 1 heterocycles. The zero-order chi connectivity index (χ0) is 18.2. The van der Waals surface area contributed by atoms with Crippen molar-refractivity contribution in [3.8, 4) is 0 Å². The van der Waals surface area contributed by atoms with Crippen LogP contribution < -0.4 is 16.4 Å². The fourth-order valence-electron chi connectivity index (χ4n) is 3.76. The lowest BCUT2D eigenvalue weighted by atomic mass is 9.85. The number of carbonyl (C=O) groups is 3. The van der Waals surface area contributed by atoms with Crippen LogP contribution in [0.1, 0.15) is 51.4 Å². The van der Waals surface area contributed by atoms with Crippen LogP contribution in [0.25, 0.3) is 0 Å². The highest BCUT2D eigenvalue weighted by atomic mass is 16.6. The van der Waals surface area contributed by atoms with E-state index in [0.29, 0.717) is 31.7 Å². The first-order valence-corrected chi connectivity index (χ1v) is 9.14. The fourth-order valence-corrected chi connectivity index (χ4v) is 3.76. The van der Waals surface area contributed by atoms with Crippen LogP contribution in [0, 0.1) is 11.8 Å². The number of amides is 3. The smallest absolute Gasteiger partial charge is 0.405 e. The van der Waals surface area contributed by atoms with Gasteiger partial charge in [-0.05, 0) is 25.2 Å². The average Bonchev–Trinajstić information content (AvgIpc) is 2.99. The summed E-state index contributed by atoms with van der Waals surface area (Å²) in [5.41, 5.74) is 5.11. The van der Waals surface area contributed by atoms with Crippen LogP contribution >= 0.6 is 0 Å². The van der Waals surface area contributed by atoms with Gasteiger partial charge in [-0.15, -0.1) is 0 Å². The molecule has 3 atom stereocenters. The molecule has 8 nitrogen and oxygen atoms in total. The summed E-state index contributed by atoms with van der Waals surface area (Å²) < 4.78 is 5.02. The molecule has 25 heavy (non-hydrogen) atoms. The van der Waals surface area contributed by atoms with E-state index in [4.69, 9.17) is 10.5 Å². The van der Waals surface area contributed by atoms with Crippen molar-refractivity contribution in [1.29, 1.82) is 0 Å². The molecular weight excluding hydrogens is 326 g/mol. The van der Waals surface area contributed by atoms with Crippen LogP contribution in [0.3, 0.4) is 0 Å². The molecule has 0 aromatic heterocycles. The third kappa shape index (κ3) is 6.19. The van der Waals surface area contributed by atoms with Gasteiger partial charge in [-0.1, -0.05) is 32.1 Å². The second-order valence-electron chi connectivity index (χ2n) is 7.07. The number of nitrogens with one attached hydrogen (secondary N) is 2. The van der Waals surface area contributed by atoms with Crippen LogP contribution in [0.2, 0.25) is 0 Å². The Hall–Kier alpha value is -1.83. The minimum Gasteiger partial charge on any atom is -0.436 e. The lowest BCUT2D eigenvalue weighted by Gasteiger charge is -2.27. The summed E-state index contributed by atoms with van der Waals surface area (Å²) in [6, 6.07) is -0.549. The van der Waals surface area contributed by atoms with E-state index in [9.17, 15) is 19.5 Å². The number of nitrogens with two attached hydrogens (primary N) is 1. The first kappa shape index (κ1) is 19.5. The molecule has 0 aromatic carbocycles. The first-order chi connectivity index (χ1) is 12.0. The second kappa shape index (κ2) is 9.60. The van der Waals surface area contributed by atoms with Crippen LogP contribution in [-0.4, -0.2) is 48.3 Å². The van der Waals surface area contributed by atoms with Crippen LogP contribution in [-0.2, 0) is 14.3 Å². The minimum absolute atomic E-state index is 0.0557. The molecule has 142 valence electrons. The molecule has 1 saturated heterocycles. The van der Waals surface area contributed by atoms with Crippen LogP contribution in [0.5, 0.6) is 0 Å². The first-order valence-electron chi connectivity index (χ1n) is 9.14. The number of hydrogen-bond donors (Lipinski definition) is 4. The van der Waals surface area contributed by atoms with Gasteiger partial charge >= 0.3 is 6.09 Å². The van der Waals surface area contributed by atoms with Crippen molar-refractivity contribution < 1.29 is 24.2 Å². The Labute approximate surface area is 147 Å². The van der Waals surface area contributed by atoms with Gasteiger partial charge < -0.3 is 26.2 Å². The Morgan fingerprint density at radius 2 is 1.96 bits per heavy atom. The number of hydrogen-bond acceptors (Lipinski definition) is 5. The van der Waals surface area contributed by atoms with Crippen molar-refractivity contribution in [3.63, 3.8) is 0 Å². The number of primary amides is 1. The summed E-state index contributed by atoms with van der Waals surface area (Å²) in [6.07, 6.45) is 5.01. The molecular formula is C17H29N3O5. The molecule has 2 aliphatic rings. The summed E-state index contributed by atoms with van der Waals surface area (Å²) in [6.45, 7) is 0.340. The predicted molar refractivity (Wildman–Crippen MR) is 90.4 cm³/mol. The van der Waals surface area contributed by atoms with Crippen molar-refractivity contribution in [2.24, 2.45) is 17.6 Å². The van der Waals surface area contributed by atoms with E-state index in [-0.39, 0.29) is 18.4 Å². The maximum absolute atomic E-state index is 12.5. The quantitative estimate of drug-likeness (QED) is 0.501. The van der Waals surface area contributed by atoms with Crippen molar-refractivity contribution >= 4 is 17.9 Å². The van der Waals surface area contributed by atoms with Gasteiger partial charge in [-0.25, -0.2) is 4.79 Å². The van der Waals surface area contributed by atoms with Gasteiger partial charge in [-0.3, -0.25) is 9.59 Å². The van der Waals surface area contributed by atoms with Gasteiger partial charge in [0, 0.05) is 12.5 Å². The molecule has 0 radical (unpaired) electrons. The van der Waals surface area contributed by atoms with Gasteiger partial charge in [0.05, 0.1) is 12.6 Å². The molecule has 1 aliphatic heterocycles. The summed E-state index contributed by atoms with van der Waals surface area (Å²) in [5, 5.41) is 15.0. The van der Waals surface area contributed by atoms with Crippen molar-refractivity contribution in [2.75, 3.05) is 13.2 Å². The number of rotatable bonds is 8. The maximum Gasteiger partial charge on any atom is 0.405 e. The van der Waals surface area contributed by atoms with E-state index < -0.39 is 24.1 Å². The Morgan fingerprint density at radius 1 is 1.24 bits per heavy atom. The van der Waals surface area contributed by atoms with E-state index in [0.717, 1.165) is 25.7 Å². The third-order valence-electron chi connectivity index (χ3n) is 5.12. The second-order valence-corrected chi connectivity index (χ2v) is 7.07. The minimum atomic E-state index is -0.980. The maximum atomic E-state index is 12.5. The van der Waals surface area contributed by atoms with Gasteiger partial charge in [0.1, 0.15) is 0 Å². The number of aliphatic hydroxyl groups is 1. The monoisotopic (exact) mass is 355 g/mol. The molecule has 3 amide bonds. The lowest BCUT2D eigenvalue weighted by Crippen LogP contribution is -2.47. The predicted octanol–water partition coefficient (Wildman–Crippen LogP) is 0.424. The standard InChI is InChI=1S/C17H29N3O5/c18-17(24)25-14(8-11-4-2-1-3-5-11)16(23)20-13(10-21)9-12-6-7-19-15(12)22/h11-14,21H,1-10H2,(H2,18,24)(H,19,22)(H,20,23)/t12-,13-,14-/m0/s1. The fraction of sp³-hybridized carbons (Fsp3) is 0.824. The molecule has 0 unspecified atom stereocenters. The van der Waals surface area contributed by atoms with E-state index in [2.05, 4.69) is 10.6 Å². The zero-order valence-electron chi connectivity index (χ0n) is 14.5. The van der Waals surface area contributed by atoms with E-state index in [1.807, 2.05) is 0 Å². The molecule has 0 bridgehead atoms. The Morgan fingerprint density at radius 3 is 2.52 bits per heavy atom. The van der Waals surface area contributed by atoms with E-state index in [1.165, 1.54) is 6.42 Å². The molecule has 0 spiro atoms. The number of carbonyl (C=O) groups excluding carboxylic acids is 3. The van der Waals surface area contributed by atoms with Crippen molar-refractivity contribution in [1.82, 2.24) is 10.6 Å². The summed E-state index contributed by atoms with van der Waals surface area (Å²) in [4.78, 5) is 35.3. The zero-order valence-corrected chi connectivity index (χ0v) is 14.5. The van der Waals surface area contributed by atoms with Gasteiger partial charge in [0.25, 0.3) is 5.91 Å². The highest BCUT2D eigenvalue weighted by molar-refractivity contribution is 5.84. The summed E-state index contributed by atoms with van der Waals surface area (Å²) in [5.74, 6) is -0.398. The van der Waals surface area contributed by atoms with Crippen LogP contribution in [0.4, 0.5) is 4.79 Å². The largest absolute Gasteiger partial charge is 0.436 e. The van der Waals surface area contributed by atoms with Gasteiger partial charge in [-0.2, -0.15) is 0 Å². The van der Waals surface area contributed by atoms with Gasteiger partial charge in [0.2, 0.25) is 5.91 Å². The third-order valence-corrected chi connectivity index (χ3v) is 5.12. The Bertz CT molecular complexity index is 479. The molecule has 5 N–H and O–H groups in total. The number of ether oxygens (including phenoxy) is 1. The SMILES string of the molecule is NC(=O)O[C@@H](CC1CCCCC1)C(=O)N[C@H](CO)C[C@@H]1CCNC1=O. The molecule has 0 aromatic rings. The van der Waals surface area contributed by atoms with Crippen molar-refractivity contribution in [3.05, 3.63) is 0 Å². The lowest BCUT2D eigenvalue weighted by molar-refractivity contribution is -0.132. The van der Waals surface area contributed by atoms with E-state index >= 15 is 0 Å². The molecule has 2 fully saturated rings. The highest BCUT2D eigenvalue weighted by Gasteiger charge is 2.31. The molecule has 1 aliphatic carbocycles. The highest BCUT2D eigenvalue weighted by Crippen LogP contribution is 2.28. The Balaban J connectivity index is 1.91. The summed E-state index contributed by atoms with van der Waals surface area (Å²) in [7, 11) is 0. The Kier molecular flexibility index (Phi) is 7.49. The van der Waals surface area contributed by atoms with E-state index in [1.54, 1.807) is 0 Å². The van der Waals surface area contributed by atoms with Crippen molar-refractivity contribution in [2.45, 2.75) is 63.5 Å². The molecule has 1 saturated carbocycles. The molecule has 2 rings (SSSR count). The number of aliphatic hydroxyl groups excluding tert-OH is 1. The van der Waals surface area contributed by atoms with Gasteiger partial charge in [0.15, 0.2) is 6.10 Å². The topological polar surface area (TPSA) is 131 Å². The summed E-state index contributed by atoms with van der Waals surface area (Å²) >= 11 is 0. The molecule has 8 heteroatoms.